The Morgan fingerprint density at radius 3 is 2.83 bits per heavy atom. The van der Waals surface area contributed by atoms with E-state index in [0.29, 0.717) is 27.8 Å². The number of allylic oxidation sites excluding steroid dienone is 1. The summed E-state index contributed by atoms with van der Waals surface area (Å²) in [6, 6.07) is 6.96. The molecule has 35 heavy (non-hydrogen) atoms. The van der Waals surface area contributed by atoms with Gasteiger partial charge in [0.1, 0.15) is 18.7 Å². The highest BCUT2D eigenvalue weighted by molar-refractivity contribution is 7.53. The van der Waals surface area contributed by atoms with Gasteiger partial charge in [-0.1, -0.05) is 23.7 Å². The van der Waals surface area contributed by atoms with Crippen LogP contribution in [0.3, 0.4) is 0 Å². The predicted octanol–water partition coefficient (Wildman–Crippen LogP) is 3.51. The van der Waals surface area contributed by atoms with Crippen LogP contribution in [0, 0.1) is 0 Å². The van der Waals surface area contributed by atoms with E-state index in [4.69, 9.17) is 40.6 Å². The Morgan fingerprint density at radius 2 is 2.09 bits per heavy atom. The van der Waals surface area contributed by atoms with Crippen LogP contribution in [0.1, 0.15) is 12.5 Å². The van der Waals surface area contributed by atoms with Crippen molar-refractivity contribution in [2.75, 3.05) is 25.3 Å². The fourth-order valence-electron chi connectivity index (χ4n) is 3.13. The van der Waals surface area contributed by atoms with Gasteiger partial charge in [-0.15, -0.1) is 0 Å². The summed E-state index contributed by atoms with van der Waals surface area (Å²) in [6.45, 7) is 5.44. The number of benzene rings is 1. The minimum atomic E-state index is -3.75. The fourth-order valence-corrected chi connectivity index (χ4v) is 4.58. The van der Waals surface area contributed by atoms with Gasteiger partial charge in [0.05, 0.1) is 19.5 Å². The van der Waals surface area contributed by atoms with E-state index in [-0.39, 0.29) is 50.1 Å². The number of halogens is 1. The molecule has 3 aromatic rings. The lowest BCUT2D eigenvalue weighted by Crippen LogP contribution is -2.13. The highest BCUT2D eigenvalue weighted by Crippen LogP contribution is 2.49. The monoisotopic (exact) mass is 523 g/mol. The summed E-state index contributed by atoms with van der Waals surface area (Å²) in [4.78, 5) is 22.4. The Hall–Kier alpha value is -3.15. The topological polar surface area (TPSA) is 153 Å². The molecule has 1 aliphatic rings. The molecule has 0 aliphatic carbocycles. The Balaban J connectivity index is 1.39. The van der Waals surface area contributed by atoms with Crippen LogP contribution in [0.5, 0.6) is 0 Å². The minimum Gasteiger partial charge on any atom is -0.428 e. The summed E-state index contributed by atoms with van der Waals surface area (Å²) in [5, 5.41) is 0.523. The van der Waals surface area contributed by atoms with E-state index >= 15 is 0 Å². The molecule has 14 heteroatoms. The van der Waals surface area contributed by atoms with E-state index in [0.717, 1.165) is 0 Å². The number of aromatic amines is 1. The van der Waals surface area contributed by atoms with E-state index in [1.807, 2.05) is 0 Å². The smallest absolute Gasteiger partial charge is 0.356 e. The lowest BCUT2D eigenvalue weighted by Gasteiger charge is -2.19. The zero-order valence-electron chi connectivity index (χ0n) is 18.7. The van der Waals surface area contributed by atoms with Gasteiger partial charge in [-0.25, -0.2) is 4.98 Å². The van der Waals surface area contributed by atoms with Gasteiger partial charge < -0.3 is 29.0 Å². The van der Waals surface area contributed by atoms with Crippen LogP contribution >= 0.6 is 19.2 Å². The van der Waals surface area contributed by atoms with E-state index in [1.54, 1.807) is 35.8 Å². The second kappa shape index (κ2) is 10.6. The summed E-state index contributed by atoms with van der Waals surface area (Å²) < 4.78 is 42.5. The number of anilines is 1. The Labute approximate surface area is 204 Å². The molecule has 0 saturated carbocycles. The van der Waals surface area contributed by atoms with Crippen molar-refractivity contribution < 1.29 is 27.8 Å². The molecule has 2 aromatic heterocycles. The molecule has 0 fully saturated rings. The average molecular weight is 524 g/mol. The first-order valence-electron chi connectivity index (χ1n) is 10.4. The molecule has 1 aliphatic heterocycles. The van der Waals surface area contributed by atoms with Crippen molar-refractivity contribution in [2.45, 2.75) is 20.1 Å². The highest BCUT2D eigenvalue weighted by atomic mass is 35.5. The minimum absolute atomic E-state index is 0.0125. The molecule has 0 radical (unpaired) electrons. The summed E-state index contributed by atoms with van der Waals surface area (Å²) in [6.07, 6.45) is 1.10. The van der Waals surface area contributed by atoms with Crippen molar-refractivity contribution in [2.24, 2.45) is 0 Å². The molecule has 3 N–H and O–H groups in total. The number of nitrogens with zero attached hydrogens (tertiary/aromatic N) is 3. The van der Waals surface area contributed by atoms with E-state index in [9.17, 15) is 9.36 Å². The summed E-state index contributed by atoms with van der Waals surface area (Å²) in [5.41, 5.74) is 6.35. The third-order valence-corrected chi connectivity index (χ3v) is 6.60. The van der Waals surface area contributed by atoms with Crippen LogP contribution < -0.4 is 11.3 Å². The number of hydrogen-bond acceptors (Lipinski definition) is 10. The summed E-state index contributed by atoms with van der Waals surface area (Å²) in [5.74, 6) is 0.863. The van der Waals surface area contributed by atoms with E-state index < -0.39 is 13.2 Å². The first kappa shape index (κ1) is 25.0. The number of aromatic nitrogens is 4. The molecule has 12 nitrogen and oxygen atoms in total. The van der Waals surface area contributed by atoms with Crippen molar-refractivity contribution in [1.29, 1.82) is 0 Å². The molecule has 0 saturated heterocycles. The number of ether oxygens (including phenoxy) is 3. The standard InChI is InChI=1S/C21H23ClN5O7P/c1-13-17(34-14(2)33-13)10-32-35(29,31-9-15-4-3-5-16(22)8-15)12-30-7-6-27-11-24-18-19(27)25-21(23)26-20(18)28/h3-5,8,11H,2,6-7,9-10,12H2,1H3,(H3,23,25,26,28). The molecule has 186 valence electrons. The summed E-state index contributed by atoms with van der Waals surface area (Å²) >= 11 is 6.02. The zero-order chi connectivity index (χ0) is 25.0. The van der Waals surface area contributed by atoms with Gasteiger partial charge in [-0.3, -0.25) is 18.9 Å². The maximum atomic E-state index is 13.4. The largest absolute Gasteiger partial charge is 0.428 e. The molecule has 3 heterocycles. The number of fused-ring (bicyclic) bond motifs is 1. The van der Waals surface area contributed by atoms with Gasteiger partial charge in [0.15, 0.2) is 16.9 Å². The van der Waals surface area contributed by atoms with Crippen LogP contribution in [0.2, 0.25) is 5.02 Å². The van der Waals surface area contributed by atoms with Gasteiger partial charge >= 0.3 is 7.60 Å². The third kappa shape index (κ3) is 6.30. The summed E-state index contributed by atoms with van der Waals surface area (Å²) in [7, 11) is -3.75. The third-order valence-electron chi connectivity index (χ3n) is 4.82. The number of imidazole rings is 1. The molecule has 1 aromatic carbocycles. The van der Waals surface area contributed by atoms with E-state index in [2.05, 4.69) is 21.5 Å². The fraction of sp³-hybridized carbons (Fsp3) is 0.286. The highest BCUT2D eigenvalue weighted by Gasteiger charge is 2.29. The molecule has 0 bridgehead atoms. The molecule has 0 amide bonds. The lowest BCUT2D eigenvalue weighted by atomic mass is 10.2. The lowest BCUT2D eigenvalue weighted by molar-refractivity contribution is 0.114. The Bertz CT molecular complexity index is 1390. The number of nitrogens with two attached hydrogens (primary N) is 1. The molecule has 4 rings (SSSR count). The van der Waals surface area contributed by atoms with Crippen molar-refractivity contribution in [3.63, 3.8) is 0 Å². The van der Waals surface area contributed by atoms with Gasteiger partial charge in [0, 0.05) is 11.6 Å². The van der Waals surface area contributed by atoms with Crippen LogP contribution in [0.4, 0.5) is 5.95 Å². The Morgan fingerprint density at radius 1 is 1.29 bits per heavy atom. The van der Waals surface area contributed by atoms with Crippen molar-refractivity contribution in [3.8, 4) is 0 Å². The van der Waals surface area contributed by atoms with Crippen LogP contribution in [0.15, 0.2) is 59.4 Å². The number of rotatable bonds is 11. The SMILES string of the molecule is C=C1OC(C)=C(COP(=O)(COCCn2cnc3c(=O)[nH]c(N)nc32)OCc2cccc(Cl)c2)O1. The molecule has 0 spiro atoms. The normalized spacial score (nSPS) is 15.3. The van der Waals surface area contributed by atoms with Crippen molar-refractivity contribution in [3.05, 3.63) is 75.6 Å². The van der Waals surface area contributed by atoms with Crippen LogP contribution in [-0.4, -0.2) is 39.1 Å². The first-order chi connectivity index (χ1) is 16.7. The maximum Gasteiger partial charge on any atom is 0.356 e. The number of nitrogen functional groups attached to an aromatic ring is 1. The average Bonchev–Trinajstić information content (AvgIpc) is 3.36. The number of nitrogens with one attached hydrogen (secondary N) is 1. The first-order valence-corrected chi connectivity index (χ1v) is 12.5. The van der Waals surface area contributed by atoms with Gasteiger partial charge in [0.2, 0.25) is 5.95 Å². The number of H-pyrrole nitrogens is 1. The maximum absolute atomic E-state index is 13.4. The quantitative estimate of drug-likeness (QED) is 0.282. The second-order valence-corrected chi connectivity index (χ2v) is 9.87. The second-order valence-electron chi connectivity index (χ2n) is 7.44. The Kier molecular flexibility index (Phi) is 7.58. The predicted molar refractivity (Wildman–Crippen MR) is 127 cm³/mol. The van der Waals surface area contributed by atoms with Crippen molar-refractivity contribution >= 4 is 36.3 Å². The molecular weight excluding hydrogens is 501 g/mol. The zero-order valence-corrected chi connectivity index (χ0v) is 20.4. The van der Waals surface area contributed by atoms with Crippen LogP contribution in [-0.2, 0) is 41.0 Å². The number of hydrogen-bond donors (Lipinski definition) is 2. The van der Waals surface area contributed by atoms with E-state index in [1.165, 1.54) is 6.33 Å². The molecular formula is C21H23ClN5O7P. The van der Waals surface area contributed by atoms with Gasteiger partial charge in [-0.05, 0) is 31.2 Å². The molecule has 1 atom stereocenters. The van der Waals surface area contributed by atoms with Crippen LogP contribution in [0.25, 0.3) is 11.2 Å². The van der Waals surface area contributed by atoms with Crippen molar-refractivity contribution in [1.82, 2.24) is 19.5 Å². The van der Waals surface area contributed by atoms with Gasteiger partial charge in [0.25, 0.3) is 11.5 Å². The van der Waals surface area contributed by atoms with Gasteiger partial charge in [-0.2, -0.15) is 4.98 Å². The molecule has 1 unspecified atom stereocenters.